The summed E-state index contributed by atoms with van der Waals surface area (Å²) in [5, 5.41) is 8.39. The molecule has 0 unspecified atom stereocenters. The lowest BCUT2D eigenvalue weighted by atomic mass is 10.1. The first-order valence-electron chi connectivity index (χ1n) is 13.1. The van der Waals surface area contributed by atoms with E-state index in [2.05, 4.69) is 30.6 Å². The van der Waals surface area contributed by atoms with Crippen LogP contribution in [0.4, 0.5) is 23.0 Å². The maximum absolute atomic E-state index is 13.0. The van der Waals surface area contributed by atoms with Crippen molar-refractivity contribution in [2.45, 2.75) is 20.1 Å². The van der Waals surface area contributed by atoms with E-state index in [0.717, 1.165) is 16.8 Å². The minimum absolute atomic E-state index is 0.00211. The van der Waals surface area contributed by atoms with Crippen LogP contribution < -0.4 is 25.4 Å². The van der Waals surface area contributed by atoms with Gasteiger partial charge in [-0.2, -0.15) is 0 Å². The predicted octanol–water partition coefficient (Wildman–Crippen LogP) is 4.14. The van der Waals surface area contributed by atoms with Crippen LogP contribution >= 0.6 is 0 Å². The first kappa shape index (κ1) is 21.3. The van der Waals surface area contributed by atoms with E-state index < -0.39 is 12.9 Å². The third-order valence-corrected chi connectivity index (χ3v) is 5.95. The predicted molar refractivity (Wildman–Crippen MR) is 142 cm³/mol. The van der Waals surface area contributed by atoms with Crippen molar-refractivity contribution in [3.05, 3.63) is 71.3 Å². The van der Waals surface area contributed by atoms with E-state index in [1.54, 1.807) is 24.5 Å². The first-order valence-corrected chi connectivity index (χ1v) is 11.6. The lowest BCUT2D eigenvalue weighted by Crippen LogP contribution is -2.20. The number of methoxy groups -OCH3 is 2. The number of ether oxygens (including phenoxy) is 3. The number of carbonyl (C=O) groups excluding carboxylic acids is 1. The summed E-state index contributed by atoms with van der Waals surface area (Å²) in [5.41, 5.74) is 3.75. The van der Waals surface area contributed by atoms with Crippen molar-refractivity contribution in [2.75, 3.05) is 31.8 Å². The molecule has 11 heteroatoms. The number of pyridine rings is 2. The molecule has 1 amide bonds. The molecule has 3 aromatic heterocycles. The Kier molecular flexibility index (Phi) is 6.00. The van der Waals surface area contributed by atoms with Crippen LogP contribution in [-0.2, 0) is 18.0 Å². The number of benzene rings is 1. The van der Waals surface area contributed by atoms with Crippen LogP contribution in [0.25, 0.3) is 11.4 Å². The van der Waals surface area contributed by atoms with Crippen molar-refractivity contribution in [3.8, 4) is 22.9 Å². The van der Waals surface area contributed by atoms with Crippen molar-refractivity contribution in [1.82, 2.24) is 25.3 Å². The molecule has 0 aliphatic carbocycles. The van der Waals surface area contributed by atoms with Crippen LogP contribution in [0.1, 0.15) is 31.3 Å². The van der Waals surface area contributed by atoms with E-state index in [4.69, 9.17) is 18.3 Å². The highest BCUT2D eigenvalue weighted by Crippen LogP contribution is 2.39. The summed E-state index contributed by atoms with van der Waals surface area (Å²) in [6.07, 6.45) is 4.38. The smallest absolute Gasteiger partial charge is 0.254 e. The molecule has 1 aliphatic rings. The number of anilines is 4. The Bertz CT molecular complexity index is 1600. The van der Waals surface area contributed by atoms with E-state index in [9.17, 15) is 4.79 Å². The van der Waals surface area contributed by atoms with Gasteiger partial charge in [-0.25, -0.2) is 19.9 Å². The zero-order valence-electron chi connectivity index (χ0n) is 24.0. The molecule has 0 saturated carbocycles. The van der Waals surface area contributed by atoms with Gasteiger partial charge in [0.1, 0.15) is 11.6 Å². The molecule has 3 N–H and O–H groups in total. The van der Waals surface area contributed by atoms with Crippen molar-refractivity contribution >= 4 is 28.9 Å². The summed E-state index contributed by atoms with van der Waals surface area (Å²) in [4.78, 5) is 30.8. The molecule has 1 aromatic carbocycles. The molecule has 11 nitrogen and oxygen atoms in total. The number of fused-ring (bicyclic) bond motifs is 6. The molecule has 194 valence electrons. The second-order valence-electron chi connectivity index (χ2n) is 8.44. The number of nitrogens with one attached hydrogen (secondary N) is 3. The number of nitrogens with zero attached hydrogens (tertiary/aromatic N) is 4. The summed E-state index contributed by atoms with van der Waals surface area (Å²) < 4.78 is 39.5. The standard InChI is InChI=1S/C27H27N7O4/c1-15-5-6-23-33-22(15)14-38-13-16-7-18(26-30-10-17(36-3)11-31-26)25(37-4)21(8-16)32-20-9-24(34-23)29-12-19(20)27(35)28-2/h5-12,32H,13-14H2,1-4H3,(H,28,35)(H,29,33,34)/i2D3. The van der Waals surface area contributed by atoms with Gasteiger partial charge >= 0.3 is 0 Å². The SMILES string of the molecule is [2H]C([2H])([2H])NC(=O)c1cnc2cc1Nc1cc(cc(-c3ncc(OC)cn3)c1OC)COCc1nc(ccc1C)N2. The molecule has 0 radical (unpaired) electrons. The molecule has 0 spiro atoms. The van der Waals surface area contributed by atoms with Crippen LogP contribution in [-0.4, -0.2) is 47.0 Å². The lowest BCUT2D eigenvalue weighted by molar-refractivity contribution is 0.0963. The second kappa shape index (κ2) is 10.7. The monoisotopic (exact) mass is 516 g/mol. The fourth-order valence-corrected chi connectivity index (χ4v) is 4.02. The van der Waals surface area contributed by atoms with E-state index in [1.165, 1.54) is 20.4 Å². The number of hydrogen-bond donors (Lipinski definition) is 3. The Morgan fingerprint density at radius 3 is 2.61 bits per heavy atom. The average molecular weight is 517 g/mol. The molecular weight excluding hydrogens is 486 g/mol. The summed E-state index contributed by atoms with van der Waals surface area (Å²) in [5.74, 6) is 1.32. The summed E-state index contributed by atoms with van der Waals surface area (Å²) in [6, 6.07) is 8.99. The van der Waals surface area contributed by atoms with E-state index in [0.29, 0.717) is 40.2 Å². The Morgan fingerprint density at radius 2 is 1.84 bits per heavy atom. The number of rotatable bonds is 4. The Hall–Kier alpha value is -4.77. The molecule has 38 heavy (non-hydrogen) atoms. The fourth-order valence-electron chi connectivity index (χ4n) is 4.02. The van der Waals surface area contributed by atoms with Crippen LogP contribution in [0.15, 0.2) is 48.9 Å². The highest BCUT2D eigenvalue weighted by molar-refractivity contribution is 6.00. The van der Waals surface area contributed by atoms with E-state index >= 15 is 0 Å². The quantitative estimate of drug-likeness (QED) is 0.364. The van der Waals surface area contributed by atoms with Gasteiger partial charge in [0, 0.05) is 23.4 Å². The number of aryl methyl sites for hydroxylation is 1. The molecule has 5 rings (SSSR count). The summed E-state index contributed by atoms with van der Waals surface area (Å²) in [6.45, 7) is -0.272. The lowest BCUT2D eigenvalue weighted by Gasteiger charge is -2.19. The van der Waals surface area contributed by atoms with Crippen molar-refractivity contribution in [1.29, 1.82) is 0 Å². The van der Waals surface area contributed by atoms with E-state index in [-0.39, 0.29) is 24.5 Å². The van der Waals surface area contributed by atoms with Gasteiger partial charge in [-0.05, 0) is 36.2 Å². The topological polar surface area (TPSA) is 132 Å². The molecule has 0 saturated heterocycles. The second-order valence-corrected chi connectivity index (χ2v) is 8.44. The molecule has 0 atom stereocenters. The van der Waals surface area contributed by atoms with Crippen molar-refractivity contribution < 1.29 is 23.1 Å². The first-order chi connectivity index (χ1) is 19.6. The number of hydrogen-bond acceptors (Lipinski definition) is 10. The fraction of sp³-hybridized carbons (Fsp3) is 0.222. The van der Waals surface area contributed by atoms with Gasteiger partial charge in [0.2, 0.25) is 0 Å². The minimum Gasteiger partial charge on any atom is -0.494 e. The zero-order chi connectivity index (χ0) is 29.1. The zero-order valence-corrected chi connectivity index (χ0v) is 21.0. The van der Waals surface area contributed by atoms with Crippen molar-refractivity contribution in [3.63, 3.8) is 0 Å². The Morgan fingerprint density at radius 1 is 1.00 bits per heavy atom. The largest absolute Gasteiger partial charge is 0.494 e. The number of aromatic nitrogens is 4. The maximum Gasteiger partial charge on any atom is 0.254 e. The maximum atomic E-state index is 13.0. The summed E-state index contributed by atoms with van der Waals surface area (Å²) >= 11 is 0. The average Bonchev–Trinajstić information content (AvgIpc) is 2.93. The van der Waals surface area contributed by atoms with E-state index in [1.807, 2.05) is 30.4 Å². The highest BCUT2D eigenvalue weighted by atomic mass is 16.5. The number of carbonyl (C=O) groups is 1. The molecule has 4 heterocycles. The van der Waals surface area contributed by atoms with Gasteiger partial charge in [0.25, 0.3) is 5.91 Å². The van der Waals surface area contributed by atoms with Crippen LogP contribution in [0.3, 0.4) is 0 Å². The van der Waals surface area contributed by atoms with Crippen LogP contribution in [0, 0.1) is 6.92 Å². The van der Waals surface area contributed by atoms with Gasteiger partial charge in [-0.1, -0.05) is 6.07 Å². The molecular formula is C27H27N7O4. The molecule has 4 aromatic rings. The highest BCUT2D eigenvalue weighted by Gasteiger charge is 2.20. The number of amides is 1. The molecule has 1 aliphatic heterocycles. The summed E-state index contributed by atoms with van der Waals surface area (Å²) in [7, 11) is 3.03. The molecule has 6 bridgehead atoms. The van der Waals surface area contributed by atoms with Gasteiger partial charge < -0.3 is 30.2 Å². The third-order valence-electron chi connectivity index (χ3n) is 5.95. The van der Waals surface area contributed by atoms with Gasteiger partial charge in [-0.3, -0.25) is 4.79 Å². The van der Waals surface area contributed by atoms with Gasteiger partial charge in [0.15, 0.2) is 17.3 Å². The van der Waals surface area contributed by atoms with Crippen molar-refractivity contribution in [2.24, 2.45) is 0 Å². The molecule has 0 fully saturated rings. The van der Waals surface area contributed by atoms with Gasteiger partial charge in [0.05, 0.1) is 68.0 Å². The normalized spacial score (nSPS) is 13.9. The van der Waals surface area contributed by atoms with Crippen LogP contribution in [0.2, 0.25) is 0 Å². The third kappa shape index (κ3) is 5.04. The van der Waals surface area contributed by atoms with Crippen LogP contribution in [0.5, 0.6) is 11.5 Å². The van der Waals surface area contributed by atoms with Gasteiger partial charge in [-0.15, -0.1) is 0 Å². The Balaban J connectivity index is 1.68. The Labute approximate surface area is 223 Å². The minimum atomic E-state index is -2.70.